The first-order valence-electron chi connectivity index (χ1n) is 6.11. The number of rotatable bonds is 5. The van der Waals surface area contributed by atoms with Crippen molar-refractivity contribution < 1.29 is 9.90 Å². The lowest BCUT2D eigenvalue weighted by atomic mass is 9.82. The van der Waals surface area contributed by atoms with Gasteiger partial charge in [-0.15, -0.1) is 0 Å². The largest absolute Gasteiger partial charge is 0.477 e. The first kappa shape index (κ1) is 14.7. The highest BCUT2D eigenvalue weighted by Gasteiger charge is 2.25. The third-order valence-corrected chi connectivity index (χ3v) is 2.66. The van der Waals surface area contributed by atoms with E-state index < -0.39 is 5.97 Å². The van der Waals surface area contributed by atoms with Crippen LogP contribution >= 0.6 is 0 Å². The van der Waals surface area contributed by atoms with E-state index in [1.54, 1.807) is 6.20 Å². The number of aromatic nitrogens is 2. The summed E-state index contributed by atoms with van der Waals surface area (Å²) in [7, 11) is 0. The Morgan fingerprint density at radius 1 is 1.39 bits per heavy atom. The molecule has 1 heterocycles. The zero-order valence-corrected chi connectivity index (χ0v) is 11.8. The summed E-state index contributed by atoms with van der Waals surface area (Å²) in [6.07, 6.45) is 2.56. The Morgan fingerprint density at radius 2 is 2.00 bits per heavy atom. The highest BCUT2D eigenvalue weighted by Crippen LogP contribution is 2.27. The Kier molecular flexibility index (Phi) is 4.16. The van der Waals surface area contributed by atoms with Gasteiger partial charge < -0.3 is 10.4 Å². The summed E-state index contributed by atoms with van der Waals surface area (Å²) in [5.74, 6) is -0.974. The molecule has 0 aliphatic carbocycles. The van der Waals surface area contributed by atoms with Crippen LogP contribution < -0.4 is 5.32 Å². The Labute approximate surface area is 108 Å². The van der Waals surface area contributed by atoms with Crippen LogP contribution in [0.2, 0.25) is 0 Å². The van der Waals surface area contributed by atoms with Gasteiger partial charge in [-0.2, -0.15) is 5.10 Å². The van der Waals surface area contributed by atoms with Crippen LogP contribution in [0.4, 0.5) is 0 Å². The van der Waals surface area contributed by atoms with E-state index >= 15 is 0 Å². The smallest absolute Gasteiger partial charge is 0.354 e. The van der Waals surface area contributed by atoms with E-state index in [4.69, 9.17) is 5.11 Å². The second-order valence-electron chi connectivity index (χ2n) is 6.55. The van der Waals surface area contributed by atoms with Crippen molar-refractivity contribution in [2.24, 2.45) is 5.41 Å². The maximum atomic E-state index is 10.9. The number of nitrogens with one attached hydrogen (secondary N) is 2. The average Bonchev–Trinajstić information content (AvgIpc) is 2.58. The molecule has 1 aromatic rings. The quantitative estimate of drug-likeness (QED) is 0.753. The zero-order chi connectivity index (χ0) is 14.0. The number of hydrogen-bond acceptors (Lipinski definition) is 3. The zero-order valence-electron chi connectivity index (χ0n) is 11.8. The fourth-order valence-corrected chi connectivity index (χ4v) is 2.35. The van der Waals surface area contributed by atoms with Crippen LogP contribution in [0.15, 0.2) is 6.20 Å². The molecule has 0 aliphatic heterocycles. The molecule has 0 radical (unpaired) electrons. The molecular weight excluding hydrogens is 230 g/mol. The van der Waals surface area contributed by atoms with E-state index in [1.807, 2.05) is 0 Å². The minimum atomic E-state index is -0.974. The number of aromatic amines is 1. The van der Waals surface area contributed by atoms with E-state index in [2.05, 4.69) is 50.1 Å². The van der Waals surface area contributed by atoms with Crippen LogP contribution in [0.5, 0.6) is 0 Å². The molecule has 0 atom stereocenters. The number of nitrogens with zero attached hydrogens (tertiary/aromatic N) is 1. The molecule has 0 aromatic carbocycles. The molecule has 3 N–H and O–H groups in total. The van der Waals surface area contributed by atoms with Crippen molar-refractivity contribution in [2.75, 3.05) is 0 Å². The van der Waals surface area contributed by atoms with E-state index in [1.165, 1.54) is 0 Å². The lowest BCUT2D eigenvalue weighted by molar-refractivity contribution is 0.0688. The maximum absolute atomic E-state index is 10.9. The van der Waals surface area contributed by atoms with Crippen LogP contribution in [0.25, 0.3) is 0 Å². The first-order valence-corrected chi connectivity index (χ1v) is 6.11. The molecule has 102 valence electrons. The molecule has 1 aromatic heterocycles. The second-order valence-corrected chi connectivity index (χ2v) is 6.55. The minimum absolute atomic E-state index is 0.0503. The van der Waals surface area contributed by atoms with Crippen LogP contribution in [0.3, 0.4) is 0 Å². The van der Waals surface area contributed by atoms with Crippen molar-refractivity contribution in [3.63, 3.8) is 0 Å². The number of carboxylic acids is 1. The van der Waals surface area contributed by atoms with Crippen LogP contribution in [0, 0.1) is 5.41 Å². The third kappa shape index (κ3) is 4.49. The van der Waals surface area contributed by atoms with Gasteiger partial charge in [0, 0.05) is 17.6 Å². The Balaban J connectivity index is 2.64. The van der Waals surface area contributed by atoms with Gasteiger partial charge in [0.1, 0.15) is 5.69 Å². The molecule has 0 bridgehead atoms. The summed E-state index contributed by atoms with van der Waals surface area (Å²) in [4.78, 5) is 10.9. The van der Waals surface area contributed by atoms with Crippen molar-refractivity contribution in [1.82, 2.24) is 15.5 Å². The SMILES string of the molecule is CC(C)(C)CC(C)(C)NCc1cn[nH]c1C(=O)O. The van der Waals surface area contributed by atoms with E-state index in [0.29, 0.717) is 12.1 Å². The van der Waals surface area contributed by atoms with E-state index in [0.717, 1.165) is 6.42 Å². The molecule has 0 saturated carbocycles. The molecule has 0 fully saturated rings. The molecule has 5 heteroatoms. The highest BCUT2D eigenvalue weighted by molar-refractivity contribution is 5.86. The molecular formula is C13H23N3O2. The van der Waals surface area contributed by atoms with Crippen molar-refractivity contribution in [1.29, 1.82) is 0 Å². The molecule has 1 rings (SSSR count). The van der Waals surface area contributed by atoms with E-state index in [-0.39, 0.29) is 16.6 Å². The molecule has 0 amide bonds. The van der Waals surface area contributed by atoms with E-state index in [9.17, 15) is 4.79 Å². The number of hydrogen-bond donors (Lipinski definition) is 3. The van der Waals surface area contributed by atoms with Crippen molar-refractivity contribution >= 4 is 5.97 Å². The van der Waals surface area contributed by atoms with Gasteiger partial charge in [-0.3, -0.25) is 5.10 Å². The lowest BCUT2D eigenvalue weighted by Gasteiger charge is -2.33. The monoisotopic (exact) mass is 253 g/mol. The summed E-state index contributed by atoms with van der Waals surface area (Å²) >= 11 is 0. The number of carbonyl (C=O) groups is 1. The predicted molar refractivity (Wildman–Crippen MR) is 70.5 cm³/mol. The highest BCUT2D eigenvalue weighted by atomic mass is 16.4. The van der Waals surface area contributed by atoms with Gasteiger partial charge in [-0.05, 0) is 25.7 Å². The summed E-state index contributed by atoms with van der Waals surface area (Å²) in [5.41, 5.74) is 1.02. The van der Waals surface area contributed by atoms with Gasteiger partial charge in [-0.1, -0.05) is 20.8 Å². The van der Waals surface area contributed by atoms with Crippen LogP contribution in [-0.4, -0.2) is 26.8 Å². The molecule has 0 saturated heterocycles. The minimum Gasteiger partial charge on any atom is -0.477 e. The van der Waals surface area contributed by atoms with Crippen molar-refractivity contribution in [3.8, 4) is 0 Å². The van der Waals surface area contributed by atoms with Gasteiger partial charge in [0.15, 0.2) is 0 Å². The van der Waals surface area contributed by atoms with Crippen LogP contribution in [-0.2, 0) is 6.54 Å². The first-order chi connectivity index (χ1) is 8.11. The number of aromatic carboxylic acids is 1. The topological polar surface area (TPSA) is 78.0 Å². The van der Waals surface area contributed by atoms with Gasteiger partial charge >= 0.3 is 5.97 Å². The summed E-state index contributed by atoms with van der Waals surface area (Å²) in [5, 5.41) is 18.6. The Morgan fingerprint density at radius 3 is 2.50 bits per heavy atom. The van der Waals surface area contributed by atoms with Crippen molar-refractivity contribution in [3.05, 3.63) is 17.5 Å². The standard InChI is InChI=1S/C13H23N3O2/c1-12(2,3)8-13(4,5)14-6-9-7-15-16-10(9)11(17)18/h7,14H,6,8H2,1-5H3,(H,15,16)(H,17,18). The summed E-state index contributed by atoms with van der Waals surface area (Å²) in [6, 6.07) is 0. The fourth-order valence-electron chi connectivity index (χ4n) is 2.35. The average molecular weight is 253 g/mol. The Hall–Kier alpha value is -1.36. The maximum Gasteiger partial charge on any atom is 0.354 e. The Bertz CT molecular complexity index is 416. The third-order valence-electron chi connectivity index (χ3n) is 2.66. The van der Waals surface area contributed by atoms with Gasteiger partial charge in [0.05, 0.1) is 6.20 Å². The molecule has 0 unspecified atom stereocenters. The molecule has 18 heavy (non-hydrogen) atoms. The number of carboxylic acid groups (broad SMARTS) is 1. The summed E-state index contributed by atoms with van der Waals surface area (Å²) in [6.45, 7) is 11.3. The second kappa shape index (κ2) is 5.10. The predicted octanol–water partition coefficient (Wildman–Crippen LogP) is 2.41. The fraction of sp³-hybridized carbons (Fsp3) is 0.692. The van der Waals surface area contributed by atoms with Gasteiger partial charge in [-0.25, -0.2) is 4.79 Å². The number of H-pyrrole nitrogens is 1. The lowest BCUT2D eigenvalue weighted by Crippen LogP contribution is -2.42. The molecule has 0 aliphatic rings. The normalized spacial score (nSPS) is 12.7. The van der Waals surface area contributed by atoms with Crippen LogP contribution in [0.1, 0.15) is 57.1 Å². The summed E-state index contributed by atoms with van der Waals surface area (Å²) < 4.78 is 0. The van der Waals surface area contributed by atoms with Gasteiger partial charge in [0.25, 0.3) is 0 Å². The molecule has 5 nitrogen and oxygen atoms in total. The van der Waals surface area contributed by atoms with Crippen molar-refractivity contribution in [2.45, 2.75) is 53.1 Å². The molecule has 0 spiro atoms. The van der Waals surface area contributed by atoms with Gasteiger partial charge in [0.2, 0.25) is 0 Å².